The zero-order chi connectivity index (χ0) is 8.69. The van der Waals surface area contributed by atoms with E-state index < -0.39 is 0 Å². The molecular weight excluding hydrogens is 143 g/mol. The molecule has 0 bridgehead atoms. The summed E-state index contributed by atoms with van der Waals surface area (Å²) in [4.78, 5) is 2.23. The van der Waals surface area contributed by atoms with Crippen molar-refractivity contribution >= 4 is 0 Å². The molecule has 0 aromatic heterocycles. The number of hydrogen-bond donors (Lipinski definition) is 1. The van der Waals surface area contributed by atoms with Gasteiger partial charge in [0, 0.05) is 25.7 Å². The van der Waals surface area contributed by atoms with Crippen LogP contribution >= 0.6 is 0 Å². The van der Waals surface area contributed by atoms with Crippen molar-refractivity contribution in [2.45, 2.75) is 19.9 Å². The predicted molar refractivity (Wildman–Crippen MR) is 46.6 cm³/mol. The van der Waals surface area contributed by atoms with Gasteiger partial charge in [0.05, 0.1) is 0 Å². The zero-order valence-electron chi connectivity index (χ0n) is 7.73. The van der Waals surface area contributed by atoms with Crippen molar-refractivity contribution in [2.24, 2.45) is 0 Å². The van der Waals surface area contributed by atoms with Crippen LogP contribution in [-0.2, 0) is 0 Å². The van der Waals surface area contributed by atoms with Gasteiger partial charge in [-0.05, 0) is 20.9 Å². The Kier molecular flexibility index (Phi) is 6.46. The van der Waals surface area contributed by atoms with Crippen LogP contribution in [0.25, 0.3) is 0 Å². The molecule has 3 heteroatoms. The van der Waals surface area contributed by atoms with Gasteiger partial charge in [-0.3, -0.25) is 0 Å². The second-order valence-corrected chi connectivity index (χ2v) is 3.01. The fourth-order valence-corrected chi connectivity index (χ4v) is 0.705. The van der Waals surface area contributed by atoms with Gasteiger partial charge in [-0.25, -0.2) is 4.39 Å². The third kappa shape index (κ3) is 6.26. The molecule has 0 aromatic carbocycles. The quantitative estimate of drug-likeness (QED) is 0.583. The maximum atomic E-state index is 11.6. The topological polar surface area (TPSA) is 15.3 Å². The van der Waals surface area contributed by atoms with E-state index in [1.807, 2.05) is 0 Å². The number of likely N-dealkylation sites (N-methyl/N-ethyl adjacent to an activating group) is 1. The zero-order valence-corrected chi connectivity index (χ0v) is 7.73. The third-order valence-corrected chi connectivity index (χ3v) is 1.79. The highest BCUT2D eigenvalue weighted by atomic mass is 19.1. The highest BCUT2D eigenvalue weighted by Crippen LogP contribution is 1.90. The Morgan fingerprint density at radius 1 is 1.36 bits per heavy atom. The fraction of sp³-hybridized carbons (Fsp3) is 1.00. The summed E-state index contributed by atoms with van der Waals surface area (Å²) in [7, 11) is 2.07. The Morgan fingerprint density at radius 2 is 2.00 bits per heavy atom. The number of halogens is 1. The first-order valence-electron chi connectivity index (χ1n) is 4.15. The molecule has 2 nitrogen and oxygen atoms in total. The van der Waals surface area contributed by atoms with Crippen LogP contribution in [0, 0.1) is 0 Å². The lowest BCUT2D eigenvalue weighted by Gasteiger charge is -2.20. The number of nitrogens with one attached hydrogen (secondary N) is 1. The summed E-state index contributed by atoms with van der Waals surface area (Å²) in [5.74, 6) is 0. The van der Waals surface area contributed by atoms with Crippen LogP contribution in [0.4, 0.5) is 4.39 Å². The van der Waals surface area contributed by atoms with E-state index in [-0.39, 0.29) is 6.67 Å². The van der Waals surface area contributed by atoms with Gasteiger partial charge in [-0.15, -0.1) is 0 Å². The van der Waals surface area contributed by atoms with E-state index in [4.69, 9.17) is 0 Å². The maximum Gasteiger partial charge on any atom is 0.102 e. The largest absolute Gasteiger partial charge is 0.313 e. The Morgan fingerprint density at radius 3 is 2.45 bits per heavy atom. The summed E-state index contributed by atoms with van der Waals surface area (Å²) in [5, 5.41) is 3.00. The highest BCUT2D eigenvalue weighted by Gasteiger charge is 2.00. The molecule has 0 aliphatic rings. The first-order chi connectivity index (χ1) is 5.18. The van der Waals surface area contributed by atoms with E-state index >= 15 is 0 Å². The molecule has 0 unspecified atom stereocenters. The summed E-state index contributed by atoms with van der Waals surface area (Å²) in [6.07, 6.45) is 0. The normalized spacial score (nSPS) is 11.5. The van der Waals surface area contributed by atoms with Crippen molar-refractivity contribution in [3.05, 3.63) is 0 Å². The van der Waals surface area contributed by atoms with Gasteiger partial charge in [-0.2, -0.15) is 0 Å². The minimum Gasteiger partial charge on any atom is -0.313 e. The van der Waals surface area contributed by atoms with Crippen molar-refractivity contribution in [1.29, 1.82) is 0 Å². The summed E-state index contributed by atoms with van der Waals surface area (Å²) in [6.45, 7) is 6.36. The molecule has 0 rings (SSSR count). The molecule has 0 radical (unpaired) electrons. The van der Waals surface area contributed by atoms with Gasteiger partial charge < -0.3 is 10.2 Å². The maximum absolute atomic E-state index is 11.6. The average molecular weight is 162 g/mol. The Balaban J connectivity index is 3.10. The molecule has 0 amide bonds. The molecule has 0 fully saturated rings. The third-order valence-electron chi connectivity index (χ3n) is 1.79. The minimum atomic E-state index is -0.272. The second kappa shape index (κ2) is 6.55. The molecule has 0 heterocycles. The summed E-state index contributed by atoms with van der Waals surface area (Å²) >= 11 is 0. The van der Waals surface area contributed by atoms with E-state index in [2.05, 4.69) is 31.1 Å². The predicted octanol–water partition coefficient (Wildman–Crippen LogP) is 0.886. The van der Waals surface area contributed by atoms with Crippen LogP contribution in [0.3, 0.4) is 0 Å². The van der Waals surface area contributed by atoms with Crippen molar-refractivity contribution < 1.29 is 4.39 Å². The smallest absolute Gasteiger partial charge is 0.102 e. The SMILES string of the molecule is CC(C)N(C)CCNCCF. The summed E-state index contributed by atoms with van der Waals surface area (Å²) in [5.41, 5.74) is 0. The molecule has 1 N–H and O–H groups in total. The van der Waals surface area contributed by atoms with Crippen molar-refractivity contribution in [2.75, 3.05) is 33.4 Å². The van der Waals surface area contributed by atoms with E-state index in [9.17, 15) is 4.39 Å². The Bertz CT molecular complexity index is 86.2. The lowest BCUT2D eigenvalue weighted by atomic mass is 10.3. The van der Waals surface area contributed by atoms with E-state index in [0.717, 1.165) is 13.1 Å². The standard InChI is InChI=1S/C8H19FN2/c1-8(2)11(3)7-6-10-5-4-9/h8,10H,4-7H2,1-3H3. The molecule has 0 saturated carbocycles. The highest BCUT2D eigenvalue weighted by molar-refractivity contribution is 4.58. The van der Waals surface area contributed by atoms with E-state index in [1.54, 1.807) is 0 Å². The molecule has 0 saturated heterocycles. The number of alkyl halides is 1. The first-order valence-corrected chi connectivity index (χ1v) is 4.15. The summed E-state index contributed by atoms with van der Waals surface area (Å²) in [6, 6.07) is 0.571. The summed E-state index contributed by atoms with van der Waals surface area (Å²) < 4.78 is 11.6. The lowest BCUT2D eigenvalue weighted by Crippen LogP contribution is -2.34. The second-order valence-electron chi connectivity index (χ2n) is 3.01. The van der Waals surface area contributed by atoms with Gasteiger partial charge in [0.2, 0.25) is 0 Å². The van der Waals surface area contributed by atoms with Gasteiger partial charge in [0.1, 0.15) is 6.67 Å². The van der Waals surface area contributed by atoms with E-state index in [1.165, 1.54) is 0 Å². The Hall–Kier alpha value is -0.150. The van der Waals surface area contributed by atoms with Gasteiger partial charge in [0.15, 0.2) is 0 Å². The monoisotopic (exact) mass is 162 g/mol. The number of hydrogen-bond acceptors (Lipinski definition) is 2. The van der Waals surface area contributed by atoms with Gasteiger partial charge in [-0.1, -0.05) is 0 Å². The van der Waals surface area contributed by atoms with Crippen molar-refractivity contribution in [1.82, 2.24) is 10.2 Å². The molecular formula is C8H19FN2. The van der Waals surface area contributed by atoms with Crippen LogP contribution in [0.15, 0.2) is 0 Å². The Labute approximate surface area is 68.8 Å². The molecule has 0 aliphatic heterocycles. The van der Waals surface area contributed by atoms with Gasteiger partial charge >= 0.3 is 0 Å². The number of nitrogens with zero attached hydrogens (tertiary/aromatic N) is 1. The van der Waals surface area contributed by atoms with Gasteiger partial charge in [0.25, 0.3) is 0 Å². The average Bonchev–Trinajstić information content (AvgIpc) is 1.97. The molecule has 68 valence electrons. The fourth-order valence-electron chi connectivity index (χ4n) is 0.705. The van der Waals surface area contributed by atoms with Crippen LogP contribution in [0.1, 0.15) is 13.8 Å². The molecule has 0 atom stereocenters. The molecule has 0 spiro atoms. The van der Waals surface area contributed by atoms with Crippen LogP contribution in [0.5, 0.6) is 0 Å². The molecule has 11 heavy (non-hydrogen) atoms. The van der Waals surface area contributed by atoms with Crippen LogP contribution < -0.4 is 5.32 Å². The van der Waals surface area contributed by atoms with E-state index in [0.29, 0.717) is 12.6 Å². The number of rotatable bonds is 6. The first kappa shape index (κ1) is 10.8. The molecule has 0 aliphatic carbocycles. The molecule has 0 aromatic rings. The van der Waals surface area contributed by atoms with Crippen molar-refractivity contribution in [3.63, 3.8) is 0 Å². The lowest BCUT2D eigenvalue weighted by molar-refractivity contribution is 0.272. The van der Waals surface area contributed by atoms with Crippen LogP contribution in [0.2, 0.25) is 0 Å². The minimum absolute atomic E-state index is 0.272. The van der Waals surface area contributed by atoms with Crippen LogP contribution in [-0.4, -0.2) is 44.3 Å². The van der Waals surface area contributed by atoms with Crippen molar-refractivity contribution in [3.8, 4) is 0 Å².